The molecule has 32 heavy (non-hydrogen) atoms. The highest BCUT2D eigenvalue weighted by Gasteiger charge is 2.23. The lowest BCUT2D eigenvalue weighted by Gasteiger charge is -2.26. The number of allylic oxidation sites excluding steroid dienone is 13. The standard InChI is InChI=1S/C29H45NO2/c1-4-7-9-10-11-12-13-14-15-16-17-18-19-20-21-22-23-24-25-28(31)30-27-29(32,6-3)26-8-5-2/h10-17,20-25,32H,4-9,18-19,26-27H2,1-3H3,(H,30,31). The van der Waals surface area contributed by atoms with Crippen LogP contribution in [0, 0.1) is 0 Å². The first-order valence-corrected chi connectivity index (χ1v) is 12.2. The largest absolute Gasteiger partial charge is 0.388 e. The molecule has 3 nitrogen and oxygen atoms in total. The molecule has 3 heteroatoms. The molecule has 0 saturated heterocycles. The molecule has 0 aliphatic heterocycles. The first-order chi connectivity index (χ1) is 15.6. The van der Waals surface area contributed by atoms with E-state index in [0.717, 1.165) is 32.1 Å². The van der Waals surface area contributed by atoms with Gasteiger partial charge in [0.1, 0.15) is 0 Å². The molecule has 0 radical (unpaired) electrons. The second-order valence-corrected chi connectivity index (χ2v) is 7.92. The van der Waals surface area contributed by atoms with Gasteiger partial charge in [-0.05, 0) is 32.1 Å². The highest BCUT2D eigenvalue weighted by molar-refractivity contribution is 5.87. The number of hydrogen-bond acceptors (Lipinski definition) is 2. The van der Waals surface area contributed by atoms with E-state index in [1.807, 2.05) is 43.4 Å². The molecule has 0 spiro atoms. The van der Waals surface area contributed by atoms with Gasteiger partial charge in [-0.2, -0.15) is 0 Å². The zero-order valence-electron chi connectivity index (χ0n) is 20.5. The molecule has 1 unspecified atom stereocenters. The third kappa shape index (κ3) is 19.6. The smallest absolute Gasteiger partial charge is 0.244 e. The van der Waals surface area contributed by atoms with Gasteiger partial charge in [-0.15, -0.1) is 0 Å². The fraction of sp³-hybridized carbons (Fsp3) is 0.483. The second kappa shape index (κ2) is 21.8. The molecule has 178 valence electrons. The van der Waals surface area contributed by atoms with E-state index in [1.165, 1.54) is 18.9 Å². The second-order valence-electron chi connectivity index (χ2n) is 7.92. The Morgan fingerprint density at radius 3 is 1.75 bits per heavy atom. The van der Waals surface area contributed by atoms with Crippen molar-refractivity contribution < 1.29 is 9.90 Å². The summed E-state index contributed by atoms with van der Waals surface area (Å²) in [6, 6.07) is 0. The maximum atomic E-state index is 11.9. The minimum Gasteiger partial charge on any atom is -0.388 e. The summed E-state index contributed by atoms with van der Waals surface area (Å²) >= 11 is 0. The Labute approximate surface area is 197 Å². The van der Waals surface area contributed by atoms with E-state index in [-0.39, 0.29) is 5.91 Å². The van der Waals surface area contributed by atoms with Crippen LogP contribution in [0.25, 0.3) is 0 Å². The summed E-state index contributed by atoms with van der Waals surface area (Å²) < 4.78 is 0. The van der Waals surface area contributed by atoms with Gasteiger partial charge in [-0.1, -0.05) is 125 Å². The Morgan fingerprint density at radius 1 is 0.719 bits per heavy atom. The quantitative estimate of drug-likeness (QED) is 0.134. The van der Waals surface area contributed by atoms with Crippen LogP contribution in [0.3, 0.4) is 0 Å². The Bertz CT molecular complexity index is 665. The number of carbonyl (C=O) groups excluding carboxylic acids is 1. The molecule has 0 bridgehead atoms. The molecular formula is C29H45NO2. The maximum absolute atomic E-state index is 11.9. The summed E-state index contributed by atoms with van der Waals surface area (Å²) in [5.41, 5.74) is -0.801. The first kappa shape index (κ1) is 29.6. The molecule has 0 heterocycles. The third-order valence-electron chi connectivity index (χ3n) is 5.01. The van der Waals surface area contributed by atoms with Gasteiger partial charge in [0.15, 0.2) is 0 Å². The molecule has 0 fully saturated rings. The zero-order chi connectivity index (χ0) is 23.8. The van der Waals surface area contributed by atoms with Crippen LogP contribution < -0.4 is 5.32 Å². The van der Waals surface area contributed by atoms with Gasteiger partial charge in [0.05, 0.1) is 5.60 Å². The molecule has 0 aromatic heterocycles. The lowest BCUT2D eigenvalue weighted by molar-refractivity contribution is -0.117. The van der Waals surface area contributed by atoms with Crippen LogP contribution in [0.15, 0.2) is 85.1 Å². The predicted octanol–water partition coefficient (Wildman–Crippen LogP) is 7.30. The lowest BCUT2D eigenvalue weighted by Crippen LogP contribution is -2.42. The maximum Gasteiger partial charge on any atom is 0.244 e. The molecule has 1 atom stereocenters. The topological polar surface area (TPSA) is 49.3 Å². The fourth-order valence-corrected chi connectivity index (χ4v) is 2.77. The molecule has 0 rings (SSSR count). The Balaban J connectivity index is 3.95. The van der Waals surface area contributed by atoms with Crippen LogP contribution in [0.2, 0.25) is 0 Å². The van der Waals surface area contributed by atoms with Gasteiger partial charge in [-0.3, -0.25) is 4.79 Å². The minimum absolute atomic E-state index is 0.178. The van der Waals surface area contributed by atoms with E-state index in [2.05, 4.69) is 55.6 Å². The number of carbonyl (C=O) groups is 1. The number of amides is 1. The normalized spacial score (nSPS) is 15.0. The van der Waals surface area contributed by atoms with Crippen molar-refractivity contribution in [3.8, 4) is 0 Å². The molecular weight excluding hydrogens is 394 g/mol. The number of hydrogen-bond donors (Lipinski definition) is 2. The first-order valence-electron chi connectivity index (χ1n) is 12.2. The predicted molar refractivity (Wildman–Crippen MR) is 141 cm³/mol. The van der Waals surface area contributed by atoms with Gasteiger partial charge in [-0.25, -0.2) is 0 Å². The van der Waals surface area contributed by atoms with Crippen molar-refractivity contribution in [1.29, 1.82) is 0 Å². The highest BCUT2D eigenvalue weighted by Crippen LogP contribution is 2.17. The van der Waals surface area contributed by atoms with E-state index >= 15 is 0 Å². The van der Waals surface area contributed by atoms with Gasteiger partial charge in [0, 0.05) is 12.6 Å². The summed E-state index contributed by atoms with van der Waals surface area (Å²) in [5, 5.41) is 13.2. The Kier molecular flexibility index (Phi) is 20.2. The Morgan fingerprint density at radius 2 is 1.22 bits per heavy atom. The van der Waals surface area contributed by atoms with Gasteiger partial charge in [0.25, 0.3) is 0 Å². The molecule has 0 aromatic carbocycles. The van der Waals surface area contributed by atoms with Gasteiger partial charge < -0.3 is 10.4 Å². The molecule has 1 amide bonds. The van der Waals surface area contributed by atoms with Crippen molar-refractivity contribution >= 4 is 5.91 Å². The number of rotatable bonds is 18. The van der Waals surface area contributed by atoms with Gasteiger partial charge in [0.2, 0.25) is 5.91 Å². The summed E-state index contributed by atoms with van der Waals surface area (Å²) in [5.74, 6) is -0.178. The molecule has 0 aliphatic carbocycles. The zero-order valence-corrected chi connectivity index (χ0v) is 20.5. The van der Waals surface area contributed by atoms with Crippen molar-refractivity contribution in [2.24, 2.45) is 0 Å². The van der Waals surface area contributed by atoms with Gasteiger partial charge >= 0.3 is 0 Å². The molecule has 2 N–H and O–H groups in total. The van der Waals surface area contributed by atoms with Crippen molar-refractivity contribution in [2.75, 3.05) is 6.54 Å². The molecule has 0 aliphatic rings. The van der Waals surface area contributed by atoms with Crippen molar-refractivity contribution in [1.82, 2.24) is 5.32 Å². The summed E-state index contributed by atoms with van der Waals surface area (Å²) in [6.07, 6.45) is 36.7. The van der Waals surface area contributed by atoms with E-state index in [9.17, 15) is 9.90 Å². The fourth-order valence-electron chi connectivity index (χ4n) is 2.77. The molecule has 0 saturated carbocycles. The average Bonchev–Trinajstić information content (AvgIpc) is 2.80. The van der Waals surface area contributed by atoms with Crippen LogP contribution in [-0.4, -0.2) is 23.2 Å². The summed E-state index contributed by atoms with van der Waals surface area (Å²) in [6.45, 7) is 6.55. The van der Waals surface area contributed by atoms with Crippen molar-refractivity contribution in [2.45, 2.75) is 84.2 Å². The molecule has 0 aromatic rings. The number of unbranched alkanes of at least 4 members (excludes halogenated alkanes) is 4. The SMILES string of the molecule is CCCCC=CC=CC=CC=CCCC=CC=CC=CC(=O)NCC(O)(CC)CCCC. The van der Waals surface area contributed by atoms with E-state index in [4.69, 9.17) is 0 Å². The van der Waals surface area contributed by atoms with E-state index in [0.29, 0.717) is 19.4 Å². The van der Waals surface area contributed by atoms with Crippen LogP contribution in [0.5, 0.6) is 0 Å². The summed E-state index contributed by atoms with van der Waals surface area (Å²) in [4.78, 5) is 11.9. The Hall–Kier alpha value is -2.39. The number of nitrogens with one attached hydrogen (secondary N) is 1. The van der Waals surface area contributed by atoms with Crippen molar-refractivity contribution in [3.63, 3.8) is 0 Å². The van der Waals surface area contributed by atoms with Crippen LogP contribution in [-0.2, 0) is 4.79 Å². The average molecular weight is 440 g/mol. The van der Waals surface area contributed by atoms with Crippen LogP contribution >= 0.6 is 0 Å². The number of aliphatic hydroxyl groups is 1. The van der Waals surface area contributed by atoms with Crippen molar-refractivity contribution in [3.05, 3.63) is 85.1 Å². The van der Waals surface area contributed by atoms with E-state index < -0.39 is 5.60 Å². The van der Waals surface area contributed by atoms with Crippen LogP contribution in [0.4, 0.5) is 0 Å². The monoisotopic (exact) mass is 439 g/mol. The summed E-state index contributed by atoms with van der Waals surface area (Å²) in [7, 11) is 0. The van der Waals surface area contributed by atoms with E-state index in [1.54, 1.807) is 6.08 Å². The van der Waals surface area contributed by atoms with Crippen LogP contribution in [0.1, 0.15) is 78.6 Å². The lowest BCUT2D eigenvalue weighted by atomic mass is 9.94. The minimum atomic E-state index is -0.801. The highest BCUT2D eigenvalue weighted by atomic mass is 16.3. The third-order valence-corrected chi connectivity index (χ3v) is 5.01.